The molecular weight excluding hydrogens is 248 g/mol. The number of nitrogens with two attached hydrogens (primary N) is 1. The Balaban J connectivity index is 2.06. The van der Waals surface area contributed by atoms with Crippen LogP contribution in [0.15, 0.2) is 0 Å². The molecule has 3 N–H and O–H groups in total. The maximum Gasteiger partial charge on any atom is 0.267 e. The number of anilines is 2. The predicted molar refractivity (Wildman–Crippen MR) is 75.0 cm³/mol. The van der Waals surface area contributed by atoms with E-state index < -0.39 is 0 Å². The summed E-state index contributed by atoms with van der Waals surface area (Å²) in [6.45, 7) is 2.93. The van der Waals surface area contributed by atoms with Crippen molar-refractivity contribution in [2.24, 2.45) is 0 Å². The van der Waals surface area contributed by atoms with E-state index >= 15 is 0 Å². The summed E-state index contributed by atoms with van der Waals surface area (Å²) in [5, 5.41) is 3.90. The number of aromatic nitrogens is 1. The molecule has 6 heteroatoms. The fourth-order valence-electron chi connectivity index (χ4n) is 1.89. The number of nitrogens with one attached hydrogen (secondary N) is 1. The Kier molecular flexibility index (Phi) is 4.06. The summed E-state index contributed by atoms with van der Waals surface area (Å²) >= 11 is 1.35. The summed E-state index contributed by atoms with van der Waals surface area (Å²) in [7, 11) is 1.85. The molecule has 0 saturated heterocycles. The molecule has 0 radical (unpaired) electrons. The van der Waals surface area contributed by atoms with Crippen molar-refractivity contribution in [3.8, 4) is 0 Å². The summed E-state index contributed by atoms with van der Waals surface area (Å²) in [4.78, 5) is 18.8. The van der Waals surface area contributed by atoms with Gasteiger partial charge >= 0.3 is 0 Å². The number of thiazole rings is 1. The highest BCUT2D eigenvalue weighted by molar-refractivity contribution is 7.18. The number of hydrogen-bond donors (Lipinski definition) is 2. The molecule has 0 bridgehead atoms. The fourth-order valence-corrected chi connectivity index (χ4v) is 2.79. The number of hydrogen-bond acceptors (Lipinski definition) is 5. The van der Waals surface area contributed by atoms with E-state index in [0.717, 1.165) is 30.9 Å². The van der Waals surface area contributed by atoms with E-state index in [0.29, 0.717) is 16.7 Å². The third-order valence-corrected chi connectivity index (χ3v) is 4.33. The second-order valence-corrected chi connectivity index (χ2v) is 5.66. The van der Waals surface area contributed by atoms with Crippen LogP contribution in [0.4, 0.5) is 10.9 Å². The van der Waals surface area contributed by atoms with Crippen LogP contribution < -0.4 is 11.1 Å². The Hall–Kier alpha value is -1.30. The zero-order valence-electron chi connectivity index (χ0n) is 10.9. The van der Waals surface area contributed by atoms with Gasteiger partial charge in [-0.3, -0.25) is 4.79 Å². The lowest BCUT2D eigenvalue weighted by Gasteiger charge is -2.34. The molecule has 18 heavy (non-hydrogen) atoms. The summed E-state index contributed by atoms with van der Waals surface area (Å²) in [5.41, 5.74) is 5.82. The van der Waals surface area contributed by atoms with E-state index in [2.05, 4.69) is 17.2 Å². The van der Waals surface area contributed by atoms with Gasteiger partial charge in [-0.2, -0.15) is 0 Å². The molecule has 2 rings (SSSR count). The molecule has 1 saturated carbocycles. The first-order valence-electron chi connectivity index (χ1n) is 6.40. The first-order valence-corrected chi connectivity index (χ1v) is 7.22. The van der Waals surface area contributed by atoms with Gasteiger partial charge in [-0.1, -0.05) is 18.3 Å². The Bertz CT molecular complexity index is 428. The Morgan fingerprint density at radius 1 is 1.61 bits per heavy atom. The van der Waals surface area contributed by atoms with Crippen molar-refractivity contribution < 1.29 is 4.79 Å². The minimum Gasteiger partial charge on any atom is -0.382 e. The van der Waals surface area contributed by atoms with E-state index in [-0.39, 0.29) is 5.91 Å². The number of nitrogen functional groups attached to an aromatic ring is 1. The molecule has 1 aromatic rings. The largest absolute Gasteiger partial charge is 0.382 e. The van der Waals surface area contributed by atoms with Crippen LogP contribution in [0.5, 0.6) is 0 Å². The second-order valence-electron chi connectivity index (χ2n) is 4.66. The number of carbonyl (C=O) groups excluding carboxylic acids is 1. The van der Waals surface area contributed by atoms with Gasteiger partial charge in [-0.25, -0.2) is 4.98 Å². The van der Waals surface area contributed by atoms with Crippen molar-refractivity contribution in [3.63, 3.8) is 0 Å². The number of rotatable bonds is 5. The molecular formula is C12H20N4OS. The monoisotopic (exact) mass is 268 g/mol. The molecule has 1 heterocycles. The zero-order valence-corrected chi connectivity index (χ0v) is 11.7. The molecule has 1 aromatic heterocycles. The van der Waals surface area contributed by atoms with E-state index in [1.807, 2.05) is 7.05 Å². The molecule has 100 valence electrons. The van der Waals surface area contributed by atoms with Gasteiger partial charge in [-0.15, -0.1) is 0 Å². The van der Waals surface area contributed by atoms with E-state index in [4.69, 9.17) is 5.73 Å². The lowest BCUT2D eigenvalue weighted by Crippen LogP contribution is -2.41. The summed E-state index contributed by atoms with van der Waals surface area (Å²) in [5.74, 6) is 0.342. The average Bonchev–Trinajstić information content (AvgIpc) is 2.64. The fraction of sp³-hybridized carbons (Fsp3) is 0.667. The van der Waals surface area contributed by atoms with Crippen LogP contribution in [0.2, 0.25) is 0 Å². The van der Waals surface area contributed by atoms with Gasteiger partial charge in [0, 0.05) is 19.6 Å². The van der Waals surface area contributed by atoms with Crippen molar-refractivity contribution in [1.29, 1.82) is 0 Å². The van der Waals surface area contributed by atoms with Crippen LogP contribution >= 0.6 is 11.3 Å². The minimum absolute atomic E-state index is 0.000696. The molecule has 1 fully saturated rings. The molecule has 0 atom stereocenters. The van der Waals surface area contributed by atoms with Gasteiger partial charge in [0.15, 0.2) is 5.13 Å². The summed E-state index contributed by atoms with van der Waals surface area (Å²) in [6, 6.07) is 0.381. The van der Waals surface area contributed by atoms with Gasteiger partial charge in [0.2, 0.25) is 0 Å². The highest BCUT2D eigenvalue weighted by Crippen LogP contribution is 2.30. The Morgan fingerprint density at radius 2 is 2.33 bits per heavy atom. The summed E-state index contributed by atoms with van der Waals surface area (Å²) < 4.78 is 0. The molecule has 1 aliphatic rings. The van der Waals surface area contributed by atoms with Crippen LogP contribution in [0.3, 0.4) is 0 Å². The van der Waals surface area contributed by atoms with Crippen LogP contribution in [0.1, 0.15) is 42.3 Å². The Labute approximate surface area is 111 Å². The van der Waals surface area contributed by atoms with Gasteiger partial charge in [0.05, 0.1) is 0 Å². The third kappa shape index (κ3) is 2.58. The Morgan fingerprint density at radius 3 is 2.89 bits per heavy atom. The van der Waals surface area contributed by atoms with Gasteiger partial charge in [0.1, 0.15) is 10.7 Å². The molecule has 0 unspecified atom stereocenters. The van der Waals surface area contributed by atoms with Crippen LogP contribution in [-0.4, -0.2) is 35.4 Å². The van der Waals surface area contributed by atoms with Gasteiger partial charge in [-0.05, 0) is 25.7 Å². The SMILES string of the molecule is CCCNc1nc(N)c(C(=O)N(C)C2CCC2)s1. The van der Waals surface area contributed by atoms with Crippen molar-refractivity contribution >= 4 is 28.2 Å². The number of carbonyl (C=O) groups is 1. The smallest absolute Gasteiger partial charge is 0.267 e. The van der Waals surface area contributed by atoms with Gasteiger partial charge in [0.25, 0.3) is 5.91 Å². The normalized spacial score (nSPS) is 15.2. The maximum absolute atomic E-state index is 12.3. The van der Waals surface area contributed by atoms with Crippen LogP contribution in [0, 0.1) is 0 Å². The zero-order chi connectivity index (χ0) is 13.1. The van der Waals surface area contributed by atoms with Crippen LogP contribution in [-0.2, 0) is 0 Å². The standard InChI is InChI=1S/C12H20N4OS/c1-3-7-14-12-15-10(13)9(18-12)11(17)16(2)8-5-4-6-8/h8H,3-7,13H2,1-2H3,(H,14,15). The van der Waals surface area contributed by atoms with Gasteiger partial charge < -0.3 is 16.0 Å². The first-order chi connectivity index (χ1) is 8.63. The highest BCUT2D eigenvalue weighted by Gasteiger charge is 2.28. The third-order valence-electron chi connectivity index (χ3n) is 3.32. The first kappa shape index (κ1) is 13.1. The number of amides is 1. The highest BCUT2D eigenvalue weighted by atomic mass is 32.1. The molecule has 0 aromatic carbocycles. The predicted octanol–water partition coefficient (Wildman–Crippen LogP) is 2.17. The molecule has 1 aliphatic carbocycles. The van der Waals surface area contributed by atoms with Crippen molar-refractivity contribution in [1.82, 2.24) is 9.88 Å². The van der Waals surface area contributed by atoms with Crippen molar-refractivity contribution in [2.75, 3.05) is 24.6 Å². The molecule has 1 amide bonds. The van der Waals surface area contributed by atoms with E-state index in [9.17, 15) is 4.79 Å². The van der Waals surface area contributed by atoms with E-state index in [1.165, 1.54) is 17.8 Å². The van der Waals surface area contributed by atoms with Crippen LogP contribution in [0.25, 0.3) is 0 Å². The topological polar surface area (TPSA) is 71.2 Å². The molecule has 0 spiro atoms. The quantitative estimate of drug-likeness (QED) is 0.858. The second kappa shape index (κ2) is 5.56. The molecule has 0 aliphatic heterocycles. The summed E-state index contributed by atoms with van der Waals surface area (Å²) in [6.07, 6.45) is 4.43. The maximum atomic E-state index is 12.3. The lowest BCUT2D eigenvalue weighted by molar-refractivity contribution is 0.0658. The number of nitrogens with zero attached hydrogens (tertiary/aromatic N) is 2. The average molecular weight is 268 g/mol. The van der Waals surface area contributed by atoms with E-state index in [1.54, 1.807) is 4.90 Å². The minimum atomic E-state index is -0.000696. The van der Waals surface area contributed by atoms with Crippen molar-refractivity contribution in [3.05, 3.63) is 4.88 Å². The lowest BCUT2D eigenvalue weighted by atomic mass is 9.92. The molecule has 5 nitrogen and oxygen atoms in total. The van der Waals surface area contributed by atoms with Crippen molar-refractivity contribution in [2.45, 2.75) is 38.6 Å².